The first-order valence-corrected chi connectivity index (χ1v) is 7.75. The number of carbonyl (C=O) groups is 1. The number of rotatable bonds is 5. The molecule has 0 heterocycles. The third kappa shape index (κ3) is 4.24. The molecule has 0 radical (unpaired) electrons. The summed E-state index contributed by atoms with van der Waals surface area (Å²) in [6.45, 7) is 3.50. The molecule has 2 aromatic rings. The van der Waals surface area contributed by atoms with Crippen LogP contribution in [0.1, 0.15) is 12.5 Å². The molecule has 0 aliphatic carbocycles. The molecule has 1 N–H and O–H groups in total. The van der Waals surface area contributed by atoms with Gasteiger partial charge in [0, 0.05) is 10.6 Å². The molecule has 0 bridgehead atoms. The Labute approximate surface area is 133 Å². The molecule has 5 heteroatoms. The number of methoxy groups -OCH3 is 1. The van der Waals surface area contributed by atoms with Crippen molar-refractivity contribution in [1.82, 2.24) is 0 Å². The van der Waals surface area contributed by atoms with E-state index in [2.05, 4.69) is 5.32 Å². The van der Waals surface area contributed by atoms with Gasteiger partial charge in [-0.15, -0.1) is 11.8 Å². The zero-order chi connectivity index (χ0) is 16.1. The summed E-state index contributed by atoms with van der Waals surface area (Å²) in [5.74, 6) is 0.286. The average Bonchev–Trinajstić information content (AvgIpc) is 2.51. The Hall–Kier alpha value is -2.01. The highest BCUT2D eigenvalue weighted by atomic mass is 32.2. The van der Waals surface area contributed by atoms with E-state index in [9.17, 15) is 9.18 Å². The summed E-state index contributed by atoms with van der Waals surface area (Å²) < 4.78 is 18.6. The fraction of sp³-hybridized carbons (Fsp3) is 0.235. The van der Waals surface area contributed by atoms with Crippen LogP contribution in [0.3, 0.4) is 0 Å². The maximum Gasteiger partial charge on any atom is 0.237 e. The Bertz CT molecular complexity index is 658. The number of nitrogens with one attached hydrogen (secondary N) is 1. The van der Waals surface area contributed by atoms with Gasteiger partial charge in [-0.05, 0) is 55.8 Å². The topological polar surface area (TPSA) is 38.3 Å². The molecular weight excluding hydrogens is 301 g/mol. The van der Waals surface area contributed by atoms with Gasteiger partial charge in [-0.25, -0.2) is 4.39 Å². The third-order valence-corrected chi connectivity index (χ3v) is 4.29. The van der Waals surface area contributed by atoms with Crippen LogP contribution in [0.25, 0.3) is 0 Å². The highest BCUT2D eigenvalue weighted by Crippen LogP contribution is 2.26. The van der Waals surface area contributed by atoms with Crippen molar-refractivity contribution in [1.29, 1.82) is 0 Å². The van der Waals surface area contributed by atoms with Crippen molar-refractivity contribution in [2.75, 3.05) is 12.4 Å². The highest BCUT2D eigenvalue weighted by Gasteiger charge is 2.15. The van der Waals surface area contributed by atoms with E-state index in [0.717, 1.165) is 10.6 Å². The number of aryl methyl sites for hydroxylation is 1. The summed E-state index contributed by atoms with van der Waals surface area (Å²) in [4.78, 5) is 13.1. The Balaban J connectivity index is 1.97. The van der Waals surface area contributed by atoms with E-state index in [-0.39, 0.29) is 17.0 Å². The van der Waals surface area contributed by atoms with Gasteiger partial charge in [0.15, 0.2) is 0 Å². The summed E-state index contributed by atoms with van der Waals surface area (Å²) in [6.07, 6.45) is 0. The predicted molar refractivity (Wildman–Crippen MR) is 88.1 cm³/mol. The van der Waals surface area contributed by atoms with Gasteiger partial charge in [0.25, 0.3) is 0 Å². The summed E-state index contributed by atoms with van der Waals surface area (Å²) >= 11 is 1.44. The molecule has 0 saturated carbocycles. The standard InChI is InChI=1S/C17H18FNO2S/c1-11-4-5-13(10-16(11)18)19-17(20)12(2)22-15-8-6-14(21-3)7-9-15/h4-10,12H,1-3H3,(H,19,20). The minimum absolute atomic E-state index is 0.163. The number of ether oxygens (including phenoxy) is 1. The van der Waals surface area contributed by atoms with E-state index in [0.29, 0.717) is 11.3 Å². The van der Waals surface area contributed by atoms with Crippen molar-refractivity contribution < 1.29 is 13.9 Å². The van der Waals surface area contributed by atoms with Crippen molar-refractivity contribution in [2.24, 2.45) is 0 Å². The summed E-state index contributed by atoms with van der Waals surface area (Å²) in [7, 11) is 1.61. The Morgan fingerprint density at radius 1 is 1.23 bits per heavy atom. The fourth-order valence-corrected chi connectivity index (χ4v) is 2.69. The first kappa shape index (κ1) is 16.4. The van der Waals surface area contributed by atoms with Crippen molar-refractivity contribution in [3.8, 4) is 5.75 Å². The third-order valence-electron chi connectivity index (χ3n) is 3.18. The number of carbonyl (C=O) groups excluding carboxylic acids is 1. The normalized spacial score (nSPS) is 11.8. The lowest BCUT2D eigenvalue weighted by Gasteiger charge is -2.12. The monoisotopic (exact) mass is 319 g/mol. The van der Waals surface area contributed by atoms with Crippen molar-refractivity contribution >= 4 is 23.4 Å². The number of hydrogen-bond acceptors (Lipinski definition) is 3. The van der Waals surface area contributed by atoms with Crippen LogP contribution in [-0.2, 0) is 4.79 Å². The van der Waals surface area contributed by atoms with Crippen LogP contribution in [0.4, 0.5) is 10.1 Å². The molecule has 0 aliphatic rings. The molecular formula is C17H18FNO2S. The number of amides is 1. The van der Waals surface area contributed by atoms with Crippen molar-refractivity contribution in [3.63, 3.8) is 0 Å². The molecule has 2 aromatic carbocycles. The van der Waals surface area contributed by atoms with Gasteiger partial charge in [0.1, 0.15) is 11.6 Å². The molecule has 2 rings (SSSR count). The number of benzene rings is 2. The first-order valence-electron chi connectivity index (χ1n) is 6.87. The van der Waals surface area contributed by atoms with E-state index in [1.807, 2.05) is 31.2 Å². The van der Waals surface area contributed by atoms with E-state index in [1.54, 1.807) is 26.2 Å². The quantitative estimate of drug-likeness (QED) is 0.837. The highest BCUT2D eigenvalue weighted by molar-refractivity contribution is 8.00. The zero-order valence-electron chi connectivity index (χ0n) is 12.7. The predicted octanol–water partition coefficient (Wildman–Crippen LogP) is 4.26. The molecule has 1 unspecified atom stereocenters. The number of anilines is 1. The van der Waals surface area contributed by atoms with Crippen molar-refractivity contribution in [3.05, 3.63) is 53.8 Å². The van der Waals surface area contributed by atoms with Gasteiger partial charge in [-0.1, -0.05) is 6.07 Å². The van der Waals surface area contributed by atoms with Crippen LogP contribution < -0.4 is 10.1 Å². The molecule has 0 spiro atoms. The van der Waals surface area contributed by atoms with E-state index < -0.39 is 0 Å². The summed E-state index contributed by atoms with van der Waals surface area (Å²) in [5, 5.41) is 2.43. The first-order chi connectivity index (χ1) is 10.5. The maximum atomic E-state index is 13.5. The van der Waals surface area contributed by atoms with Gasteiger partial charge >= 0.3 is 0 Å². The lowest BCUT2D eigenvalue weighted by Crippen LogP contribution is -2.22. The maximum absolute atomic E-state index is 13.5. The Morgan fingerprint density at radius 3 is 2.50 bits per heavy atom. The lowest BCUT2D eigenvalue weighted by molar-refractivity contribution is -0.115. The van der Waals surface area contributed by atoms with E-state index in [1.165, 1.54) is 17.8 Å². The largest absolute Gasteiger partial charge is 0.497 e. The summed E-state index contributed by atoms with van der Waals surface area (Å²) in [5.41, 5.74) is 1.02. The van der Waals surface area contributed by atoms with Crippen LogP contribution in [0, 0.1) is 12.7 Å². The van der Waals surface area contributed by atoms with Crippen LogP contribution in [0.2, 0.25) is 0 Å². The minimum Gasteiger partial charge on any atom is -0.497 e. The molecule has 0 fully saturated rings. The molecule has 116 valence electrons. The Morgan fingerprint density at radius 2 is 1.91 bits per heavy atom. The van der Waals surface area contributed by atoms with Gasteiger partial charge in [-0.2, -0.15) is 0 Å². The summed E-state index contributed by atoms with van der Waals surface area (Å²) in [6, 6.07) is 12.2. The molecule has 0 saturated heterocycles. The van der Waals surface area contributed by atoms with Crippen LogP contribution in [-0.4, -0.2) is 18.3 Å². The lowest BCUT2D eigenvalue weighted by atomic mass is 10.2. The van der Waals surface area contributed by atoms with Gasteiger partial charge < -0.3 is 10.1 Å². The van der Waals surface area contributed by atoms with Gasteiger partial charge in [0.2, 0.25) is 5.91 Å². The van der Waals surface area contributed by atoms with Crippen molar-refractivity contribution in [2.45, 2.75) is 24.0 Å². The number of thioether (sulfide) groups is 1. The van der Waals surface area contributed by atoms with Gasteiger partial charge in [-0.3, -0.25) is 4.79 Å². The van der Waals surface area contributed by atoms with Gasteiger partial charge in [0.05, 0.1) is 12.4 Å². The number of halogens is 1. The Kier molecular flexibility index (Phi) is 5.44. The van der Waals surface area contributed by atoms with E-state index >= 15 is 0 Å². The molecule has 1 atom stereocenters. The molecule has 0 aliphatic heterocycles. The molecule has 3 nitrogen and oxygen atoms in total. The van der Waals surface area contributed by atoms with Crippen LogP contribution >= 0.6 is 11.8 Å². The van der Waals surface area contributed by atoms with E-state index in [4.69, 9.17) is 4.74 Å². The molecule has 1 amide bonds. The molecule has 0 aromatic heterocycles. The second kappa shape index (κ2) is 7.31. The second-order valence-corrected chi connectivity index (χ2v) is 6.30. The molecule has 22 heavy (non-hydrogen) atoms. The second-order valence-electron chi connectivity index (χ2n) is 4.89. The minimum atomic E-state index is -0.326. The number of hydrogen-bond donors (Lipinski definition) is 1. The average molecular weight is 319 g/mol. The fourth-order valence-electron chi connectivity index (χ4n) is 1.83. The zero-order valence-corrected chi connectivity index (χ0v) is 13.5. The smallest absolute Gasteiger partial charge is 0.237 e. The SMILES string of the molecule is COc1ccc(SC(C)C(=O)Nc2ccc(C)c(F)c2)cc1. The van der Waals surface area contributed by atoms with Crippen LogP contribution in [0.15, 0.2) is 47.4 Å². The van der Waals surface area contributed by atoms with Crippen LogP contribution in [0.5, 0.6) is 5.75 Å².